The van der Waals surface area contributed by atoms with E-state index in [1.807, 2.05) is 0 Å². The van der Waals surface area contributed by atoms with Gasteiger partial charge in [-0.15, -0.1) is 0 Å². The molecule has 1 aromatic rings. The molecule has 2 aliphatic rings. The van der Waals surface area contributed by atoms with E-state index in [1.54, 1.807) is 31.2 Å². The lowest BCUT2D eigenvalue weighted by atomic mass is 10.2. The second-order valence-corrected chi connectivity index (χ2v) is 8.45. The minimum atomic E-state index is -3.60. The van der Waals surface area contributed by atoms with Crippen molar-refractivity contribution in [2.75, 3.05) is 32.1 Å². The molecule has 1 heterocycles. The molecule has 8 nitrogen and oxygen atoms in total. The molecule has 0 aromatic heterocycles. The molecule has 1 N–H and O–H groups in total. The third-order valence-corrected chi connectivity index (χ3v) is 7.13. The van der Waals surface area contributed by atoms with Crippen LogP contribution in [0.1, 0.15) is 13.3 Å². The van der Waals surface area contributed by atoms with Gasteiger partial charge in [0.2, 0.25) is 15.9 Å². The Morgan fingerprint density at radius 2 is 2.00 bits per heavy atom. The Hall–Kier alpha value is -2.13. The van der Waals surface area contributed by atoms with Gasteiger partial charge in [0.05, 0.1) is 6.61 Å². The molecule has 0 unspecified atom stereocenters. The summed E-state index contributed by atoms with van der Waals surface area (Å²) in [5.41, 5.74) is 0.471. The third kappa shape index (κ3) is 2.98. The summed E-state index contributed by atoms with van der Waals surface area (Å²) in [4.78, 5) is 23.7. The van der Waals surface area contributed by atoms with Crippen molar-refractivity contribution < 1.29 is 27.5 Å². The van der Waals surface area contributed by atoms with Gasteiger partial charge in [-0.2, -0.15) is 0 Å². The number of hydrogen-bond donors (Lipinski definition) is 1. The molecule has 0 radical (unpaired) electrons. The van der Waals surface area contributed by atoms with Gasteiger partial charge in [0, 0.05) is 25.2 Å². The Morgan fingerprint density at radius 1 is 1.32 bits per heavy atom. The van der Waals surface area contributed by atoms with E-state index in [-0.39, 0.29) is 19.1 Å². The van der Waals surface area contributed by atoms with Crippen LogP contribution < -0.4 is 10.1 Å². The maximum Gasteiger partial charge on any atom is 0.344 e. The lowest BCUT2D eigenvalue weighted by Crippen LogP contribution is -2.40. The topological polar surface area (TPSA) is 102 Å². The van der Waals surface area contributed by atoms with Crippen molar-refractivity contribution in [1.29, 1.82) is 0 Å². The van der Waals surface area contributed by atoms with Gasteiger partial charge in [-0.1, -0.05) is 0 Å². The minimum absolute atomic E-state index is 0.144. The number of nitrogens with zero attached hydrogens (tertiary/aromatic N) is 1. The molecule has 136 valence electrons. The van der Waals surface area contributed by atoms with E-state index >= 15 is 0 Å². The van der Waals surface area contributed by atoms with Crippen molar-refractivity contribution in [2.45, 2.75) is 18.1 Å². The van der Waals surface area contributed by atoms with Crippen molar-refractivity contribution in [1.82, 2.24) is 4.31 Å². The number of amides is 1. The van der Waals surface area contributed by atoms with E-state index in [0.29, 0.717) is 24.4 Å². The lowest BCUT2D eigenvalue weighted by Gasteiger charge is -2.17. The van der Waals surface area contributed by atoms with Crippen LogP contribution in [-0.4, -0.2) is 56.2 Å². The SMILES string of the molecule is CCOC(=O)COc1ccc(NC(=O)[C@@]23C[C@@H]2CN(C)S3(=O)=O)cc1. The summed E-state index contributed by atoms with van der Waals surface area (Å²) in [5, 5.41) is 2.66. The van der Waals surface area contributed by atoms with Crippen LogP contribution in [0.25, 0.3) is 0 Å². The van der Waals surface area contributed by atoms with Gasteiger partial charge in [-0.05, 0) is 37.6 Å². The number of esters is 1. The average molecular weight is 368 g/mol. The van der Waals surface area contributed by atoms with Gasteiger partial charge in [0.25, 0.3) is 0 Å². The lowest BCUT2D eigenvalue weighted by molar-refractivity contribution is -0.145. The van der Waals surface area contributed by atoms with E-state index in [4.69, 9.17) is 9.47 Å². The fraction of sp³-hybridized carbons (Fsp3) is 0.500. The number of carbonyl (C=O) groups is 2. The van der Waals surface area contributed by atoms with Crippen molar-refractivity contribution >= 4 is 27.6 Å². The molecule has 0 spiro atoms. The van der Waals surface area contributed by atoms with E-state index in [1.165, 1.54) is 11.4 Å². The predicted octanol–water partition coefficient (Wildman–Crippen LogP) is 0.601. The third-order valence-electron chi connectivity index (χ3n) is 4.56. The molecule has 1 saturated carbocycles. The highest BCUT2D eigenvalue weighted by atomic mass is 32.2. The normalized spacial score (nSPS) is 26.6. The van der Waals surface area contributed by atoms with Crippen LogP contribution in [0, 0.1) is 5.92 Å². The number of sulfonamides is 1. The summed E-state index contributed by atoms with van der Waals surface area (Å²) < 4.78 is 34.6. The first kappa shape index (κ1) is 17.7. The second-order valence-electron chi connectivity index (χ2n) is 6.15. The predicted molar refractivity (Wildman–Crippen MR) is 89.6 cm³/mol. The first-order valence-electron chi connectivity index (χ1n) is 7.97. The first-order chi connectivity index (χ1) is 11.8. The Balaban J connectivity index is 1.61. The number of benzene rings is 1. The van der Waals surface area contributed by atoms with E-state index in [0.717, 1.165) is 0 Å². The molecular formula is C16H20N2O6S. The van der Waals surface area contributed by atoms with Crippen molar-refractivity contribution in [3.8, 4) is 5.75 Å². The smallest absolute Gasteiger partial charge is 0.344 e. The molecule has 1 saturated heterocycles. The molecule has 0 bridgehead atoms. The number of anilines is 1. The number of hydrogen-bond acceptors (Lipinski definition) is 6. The summed E-state index contributed by atoms with van der Waals surface area (Å²) in [6.45, 7) is 2.18. The standard InChI is InChI=1S/C16H20N2O6S/c1-3-23-14(19)10-24-13-6-4-12(5-7-13)17-15(20)16-8-11(16)9-18(2)25(16,21)22/h4-7,11H,3,8-10H2,1-2H3,(H,17,20)/t11-,16-/m1/s1. The Bertz CT molecular complexity index is 791. The maximum absolute atomic E-state index is 12.5. The van der Waals surface area contributed by atoms with Crippen LogP contribution in [0.5, 0.6) is 5.75 Å². The van der Waals surface area contributed by atoms with Crippen molar-refractivity contribution in [2.24, 2.45) is 5.92 Å². The number of rotatable bonds is 6. The average Bonchev–Trinajstić information content (AvgIpc) is 3.25. The molecule has 2 atom stereocenters. The zero-order valence-electron chi connectivity index (χ0n) is 14.0. The molecule has 1 amide bonds. The minimum Gasteiger partial charge on any atom is -0.482 e. The molecule has 9 heteroatoms. The maximum atomic E-state index is 12.5. The van der Waals surface area contributed by atoms with Crippen LogP contribution >= 0.6 is 0 Å². The second kappa shape index (κ2) is 6.30. The fourth-order valence-electron chi connectivity index (χ4n) is 3.13. The van der Waals surface area contributed by atoms with E-state index in [2.05, 4.69) is 5.32 Å². The molecular weight excluding hydrogens is 348 g/mol. The number of carbonyl (C=O) groups excluding carboxylic acids is 2. The Kier molecular flexibility index (Phi) is 4.46. The van der Waals surface area contributed by atoms with Gasteiger partial charge >= 0.3 is 5.97 Å². The van der Waals surface area contributed by atoms with Crippen LogP contribution in [0.3, 0.4) is 0 Å². The summed E-state index contributed by atoms with van der Waals surface area (Å²) in [6.07, 6.45) is 0.367. The van der Waals surface area contributed by atoms with E-state index in [9.17, 15) is 18.0 Å². The molecule has 1 aliphatic carbocycles. The van der Waals surface area contributed by atoms with Crippen LogP contribution in [0.2, 0.25) is 0 Å². The van der Waals surface area contributed by atoms with Crippen LogP contribution in [-0.2, 0) is 24.3 Å². The van der Waals surface area contributed by atoms with Gasteiger partial charge in [0.1, 0.15) is 5.75 Å². The number of nitrogens with one attached hydrogen (secondary N) is 1. The van der Waals surface area contributed by atoms with Crippen LogP contribution in [0.4, 0.5) is 5.69 Å². The largest absolute Gasteiger partial charge is 0.482 e. The molecule has 2 fully saturated rings. The van der Waals surface area contributed by atoms with Gasteiger partial charge < -0.3 is 14.8 Å². The summed E-state index contributed by atoms with van der Waals surface area (Å²) in [7, 11) is -2.10. The summed E-state index contributed by atoms with van der Waals surface area (Å²) in [6, 6.07) is 6.37. The van der Waals surface area contributed by atoms with Crippen LogP contribution in [0.15, 0.2) is 24.3 Å². The zero-order chi connectivity index (χ0) is 18.2. The van der Waals surface area contributed by atoms with Gasteiger partial charge in [-0.3, -0.25) is 4.79 Å². The molecule has 3 rings (SSSR count). The number of fused-ring (bicyclic) bond motifs is 1. The number of ether oxygens (including phenoxy) is 2. The van der Waals surface area contributed by atoms with Crippen molar-refractivity contribution in [3.63, 3.8) is 0 Å². The Morgan fingerprint density at radius 3 is 2.56 bits per heavy atom. The highest BCUT2D eigenvalue weighted by Gasteiger charge is 2.74. The zero-order valence-corrected chi connectivity index (χ0v) is 14.8. The highest BCUT2D eigenvalue weighted by molar-refractivity contribution is 7.92. The Labute approximate surface area is 146 Å². The highest BCUT2D eigenvalue weighted by Crippen LogP contribution is 2.57. The van der Waals surface area contributed by atoms with Crippen molar-refractivity contribution in [3.05, 3.63) is 24.3 Å². The first-order valence-corrected chi connectivity index (χ1v) is 9.41. The van der Waals surface area contributed by atoms with E-state index < -0.39 is 26.6 Å². The van der Waals surface area contributed by atoms with Gasteiger partial charge in [0.15, 0.2) is 11.4 Å². The monoisotopic (exact) mass is 368 g/mol. The summed E-state index contributed by atoms with van der Waals surface area (Å²) in [5.74, 6) is -0.659. The molecule has 1 aliphatic heterocycles. The molecule has 25 heavy (non-hydrogen) atoms. The summed E-state index contributed by atoms with van der Waals surface area (Å²) >= 11 is 0. The van der Waals surface area contributed by atoms with Gasteiger partial charge in [-0.25, -0.2) is 17.5 Å². The quantitative estimate of drug-likeness (QED) is 0.738. The molecule has 1 aromatic carbocycles. The fourth-order valence-corrected chi connectivity index (χ4v) is 5.26.